The first-order valence-electron chi connectivity index (χ1n) is 5.60. The number of carbonyl (C=O) groups is 2. The van der Waals surface area contributed by atoms with E-state index in [2.05, 4.69) is 10.2 Å². The highest BCUT2D eigenvalue weighted by atomic mass is 19.4. The lowest BCUT2D eigenvalue weighted by Crippen LogP contribution is -2.29. The van der Waals surface area contributed by atoms with Crippen molar-refractivity contribution in [1.82, 2.24) is 10.8 Å². The van der Waals surface area contributed by atoms with Gasteiger partial charge in [0.25, 0.3) is 5.91 Å². The predicted molar refractivity (Wildman–Crippen MR) is 63.4 cm³/mol. The Morgan fingerprint density at radius 3 is 2.30 bits per heavy atom. The Labute approximate surface area is 113 Å². The Balaban J connectivity index is 2.47. The van der Waals surface area contributed by atoms with Gasteiger partial charge in [0.15, 0.2) is 6.61 Å². The van der Waals surface area contributed by atoms with Crippen molar-refractivity contribution in [2.75, 3.05) is 6.61 Å². The van der Waals surface area contributed by atoms with Gasteiger partial charge in [-0.15, -0.1) is 0 Å². The first kappa shape index (κ1) is 16.0. The van der Waals surface area contributed by atoms with Crippen LogP contribution in [0.1, 0.15) is 22.8 Å². The normalized spacial score (nSPS) is 11.0. The standard InChI is InChI=1S/C12H13F3N2O3/c1-8(18)16-6-9-2-4-10(5-3-9)11(19)17-20-7-12(13,14)15/h2-5H,6-7H2,1H3,(H,16,18)(H,17,19). The number of alkyl halides is 3. The minimum Gasteiger partial charge on any atom is -0.352 e. The van der Waals surface area contributed by atoms with Gasteiger partial charge in [0.1, 0.15) is 0 Å². The average molecular weight is 290 g/mol. The van der Waals surface area contributed by atoms with Crippen LogP contribution in [0.5, 0.6) is 0 Å². The first-order chi connectivity index (χ1) is 9.28. The molecule has 0 bridgehead atoms. The summed E-state index contributed by atoms with van der Waals surface area (Å²) in [6.07, 6.45) is -4.50. The fourth-order valence-electron chi connectivity index (χ4n) is 1.24. The maximum atomic E-state index is 11.8. The van der Waals surface area contributed by atoms with Crippen LogP contribution in [0.4, 0.5) is 13.2 Å². The number of amides is 2. The van der Waals surface area contributed by atoms with Gasteiger partial charge in [-0.25, -0.2) is 5.48 Å². The van der Waals surface area contributed by atoms with Crippen molar-refractivity contribution < 1.29 is 27.6 Å². The minimum atomic E-state index is -4.50. The van der Waals surface area contributed by atoms with Crippen LogP contribution in [0, 0.1) is 0 Å². The summed E-state index contributed by atoms with van der Waals surface area (Å²) in [6.45, 7) is 0.126. The third kappa shape index (κ3) is 6.19. The Kier molecular flexibility index (Phi) is 5.51. The van der Waals surface area contributed by atoms with Crippen LogP contribution >= 0.6 is 0 Å². The third-order valence-electron chi connectivity index (χ3n) is 2.16. The van der Waals surface area contributed by atoms with Crippen LogP contribution in [0.3, 0.4) is 0 Å². The molecule has 2 amide bonds. The highest BCUT2D eigenvalue weighted by Crippen LogP contribution is 2.13. The molecule has 1 rings (SSSR count). The molecule has 8 heteroatoms. The van der Waals surface area contributed by atoms with Crippen molar-refractivity contribution in [2.45, 2.75) is 19.6 Å². The molecule has 1 aromatic carbocycles. The fourth-order valence-corrected chi connectivity index (χ4v) is 1.24. The second kappa shape index (κ2) is 6.90. The molecular formula is C12H13F3N2O3. The third-order valence-corrected chi connectivity index (χ3v) is 2.16. The fraction of sp³-hybridized carbons (Fsp3) is 0.333. The van der Waals surface area contributed by atoms with Gasteiger partial charge in [0.05, 0.1) is 0 Å². The van der Waals surface area contributed by atoms with E-state index < -0.39 is 18.7 Å². The molecule has 0 saturated heterocycles. The molecule has 0 atom stereocenters. The molecule has 5 nitrogen and oxygen atoms in total. The van der Waals surface area contributed by atoms with Crippen molar-refractivity contribution in [3.8, 4) is 0 Å². The van der Waals surface area contributed by atoms with Gasteiger partial charge < -0.3 is 5.32 Å². The lowest BCUT2D eigenvalue weighted by molar-refractivity contribution is -0.184. The molecule has 0 aliphatic heterocycles. The van der Waals surface area contributed by atoms with Gasteiger partial charge in [-0.1, -0.05) is 12.1 Å². The van der Waals surface area contributed by atoms with E-state index in [0.717, 1.165) is 5.56 Å². The van der Waals surface area contributed by atoms with Crippen molar-refractivity contribution >= 4 is 11.8 Å². The number of benzene rings is 1. The second-order valence-electron chi connectivity index (χ2n) is 3.94. The molecule has 20 heavy (non-hydrogen) atoms. The van der Waals surface area contributed by atoms with E-state index in [0.29, 0.717) is 6.54 Å². The summed E-state index contributed by atoms with van der Waals surface area (Å²) >= 11 is 0. The van der Waals surface area contributed by atoms with E-state index in [9.17, 15) is 22.8 Å². The van der Waals surface area contributed by atoms with Crippen molar-refractivity contribution in [2.24, 2.45) is 0 Å². The van der Waals surface area contributed by atoms with Crippen molar-refractivity contribution in [3.05, 3.63) is 35.4 Å². The number of hydrogen-bond acceptors (Lipinski definition) is 3. The smallest absolute Gasteiger partial charge is 0.352 e. The molecule has 0 fully saturated rings. The molecule has 0 aliphatic rings. The number of nitrogens with one attached hydrogen (secondary N) is 2. The number of hydrogen-bond donors (Lipinski definition) is 2. The molecule has 0 radical (unpaired) electrons. The Morgan fingerprint density at radius 1 is 1.20 bits per heavy atom. The summed E-state index contributed by atoms with van der Waals surface area (Å²) in [6, 6.07) is 6.00. The van der Waals surface area contributed by atoms with Crippen LogP contribution in [0.2, 0.25) is 0 Å². The van der Waals surface area contributed by atoms with E-state index in [1.165, 1.54) is 19.1 Å². The summed E-state index contributed by atoms with van der Waals surface area (Å²) in [7, 11) is 0. The SMILES string of the molecule is CC(=O)NCc1ccc(C(=O)NOCC(F)(F)F)cc1. The van der Waals surface area contributed by atoms with Gasteiger partial charge in [-0.05, 0) is 17.7 Å². The first-order valence-corrected chi connectivity index (χ1v) is 5.60. The molecule has 0 spiro atoms. The van der Waals surface area contributed by atoms with Gasteiger partial charge in [0, 0.05) is 19.0 Å². The van der Waals surface area contributed by atoms with E-state index in [1.807, 2.05) is 0 Å². The van der Waals surface area contributed by atoms with Gasteiger partial charge in [-0.2, -0.15) is 13.2 Å². The molecule has 2 N–H and O–H groups in total. The van der Waals surface area contributed by atoms with Crippen LogP contribution in [-0.2, 0) is 16.2 Å². The zero-order valence-corrected chi connectivity index (χ0v) is 10.6. The molecule has 0 heterocycles. The number of carbonyl (C=O) groups excluding carboxylic acids is 2. The summed E-state index contributed by atoms with van der Waals surface area (Å²) in [5.41, 5.74) is 2.61. The number of rotatable bonds is 5. The van der Waals surface area contributed by atoms with E-state index >= 15 is 0 Å². The van der Waals surface area contributed by atoms with Gasteiger partial charge in [0.2, 0.25) is 5.91 Å². The molecule has 0 aromatic heterocycles. The lowest BCUT2D eigenvalue weighted by Gasteiger charge is -2.08. The van der Waals surface area contributed by atoms with Gasteiger partial charge in [-0.3, -0.25) is 14.4 Å². The summed E-state index contributed by atoms with van der Waals surface area (Å²) < 4.78 is 35.4. The van der Waals surface area contributed by atoms with E-state index in [4.69, 9.17) is 0 Å². The Bertz CT molecular complexity index is 472. The summed E-state index contributed by atoms with van der Waals surface area (Å²) in [5.74, 6) is -0.965. The number of hydroxylamine groups is 1. The van der Waals surface area contributed by atoms with E-state index in [1.54, 1.807) is 17.6 Å². The Morgan fingerprint density at radius 2 is 1.80 bits per heavy atom. The maximum absolute atomic E-state index is 11.8. The Hall–Kier alpha value is -2.09. The van der Waals surface area contributed by atoms with Crippen molar-refractivity contribution in [3.63, 3.8) is 0 Å². The van der Waals surface area contributed by atoms with E-state index in [-0.39, 0.29) is 11.5 Å². The molecular weight excluding hydrogens is 277 g/mol. The molecule has 0 aliphatic carbocycles. The summed E-state index contributed by atoms with van der Waals surface area (Å²) in [4.78, 5) is 26.2. The molecule has 0 unspecified atom stereocenters. The molecule has 0 saturated carbocycles. The summed E-state index contributed by atoms with van der Waals surface area (Å²) in [5, 5.41) is 2.57. The van der Waals surface area contributed by atoms with Crippen LogP contribution in [0.25, 0.3) is 0 Å². The molecule has 1 aromatic rings. The number of halogens is 3. The van der Waals surface area contributed by atoms with Crippen LogP contribution in [-0.4, -0.2) is 24.6 Å². The second-order valence-corrected chi connectivity index (χ2v) is 3.94. The highest BCUT2D eigenvalue weighted by Gasteiger charge is 2.28. The maximum Gasteiger partial charge on any atom is 0.414 e. The van der Waals surface area contributed by atoms with Crippen LogP contribution in [0.15, 0.2) is 24.3 Å². The quantitative estimate of drug-likeness (QED) is 0.808. The van der Waals surface area contributed by atoms with Crippen molar-refractivity contribution in [1.29, 1.82) is 0 Å². The molecule has 110 valence electrons. The monoisotopic (exact) mass is 290 g/mol. The zero-order valence-electron chi connectivity index (χ0n) is 10.6. The lowest BCUT2D eigenvalue weighted by atomic mass is 10.1. The topological polar surface area (TPSA) is 67.4 Å². The van der Waals surface area contributed by atoms with Gasteiger partial charge >= 0.3 is 6.18 Å². The predicted octanol–water partition coefficient (Wildman–Crippen LogP) is 1.55. The highest BCUT2D eigenvalue weighted by molar-refractivity contribution is 5.93. The zero-order chi connectivity index (χ0) is 15.2. The van der Waals surface area contributed by atoms with Crippen LogP contribution < -0.4 is 10.8 Å². The average Bonchev–Trinajstić information content (AvgIpc) is 2.35. The minimum absolute atomic E-state index is 0.152. The largest absolute Gasteiger partial charge is 0.414 e.